The largest absolute Gasteiger partial charge is 0.497 e. The number of hydrogen-bond donors (Lipinski definition) is 2. The van der Waals surface area contributed by atoms with Crippen LogP contribution in [0.25, 0.3) is 0 Å². The van der Waals surface area contributed by atoms with Crippen LogP contribution in [-0.2, 0) is 4.79 Å². The summed E-state index contributed by atoms with van der Waals surface area (Å²) in [5.41, 5.74) is 5.64. The van der Waals surface area contributed by atoms with Crippen LogP contribution in [0, 0.1) is 5.41 Å². The first-order chi connectivity index (χ1) is 10.0. The number of carbonyl (C=O) groups excluding carboxylic acids is 1. The van der Waals surface area contributed by atoms with Crippen molar-refractivity contribution < 1.29 is 14.7 Å². The van der Waals surface area contributed by atoms with Crippen molar-refractivity contribution in [3.8, 4) is 5.75 Å². The Bertz CT molecular complexity index is 551. The first kappa shape index (κ1) is 15.2. The summed E-state index contributed by atoms with van der Waals surface area (Å²) >= 11 is 0. The van der Waals surface area contributed by atoms with Gasteiger partial charge in [-0.2, -0.15) is 0 Å². The Morgan fingerprint density at radius 2 is 2.10 bits per heavy atom. The number of amidine groups is 1. The molecule has 1 saturated carbocycles. The van der Waals surface area contributed by atoms with Gasteiger partial charge in [0.1, 0.15) is 11.2 Å². The van der Waals surface area contributed by atoms with E-state index in [0.29, 0.717) is 18.6 Å². The molecule has 1 fully saturated rings. The summed E-state index contributed by atoms with van der Waals surface area (Å²) in [7, 11) is 3.28. The molecular formula is C15H21N3O3. The molecule has 1 aromatic rings. The molecule has 1 aliphatic carbocycles. The number of carbonyl (C=O) groups is 1. The standard InChI is InChI=1S/C15H21N3O3/c1-18(11-6-5-7-12(10-11)21-2)14(19)15(13(16)17-20)8-3-4-9-15/h5-7,10,20H,3-4,8-9H2,1-2H3,(H2,16,17). The Labute approximate surface area is 124 Å². The molecule has 0 bridgehead atoms. The number of anilines is 1. The summed E-state index contributed by atoms with van der Waals surface area (Å²) in [4.78, 5) is 14.4. The Hall–Kier alpha value is -2.24. The average Bonchev–Trinajstić information content (AvgIpc) is 3.03. The van der Waals surface area contributed by atoms with Gasteiger partial charge in [0.2, 0.25) is 5.91 Å². The lowest BCUT2D eigenvalue weighted by Crippen LogP contribution is -2.49. The molecule has 0 aliphatic heterocycles. The number of methoxy groups -OCH3 is 1. The van der Waals surface area contributed by atoms with Gasteiger partial charge in [0.25, 0.3) is 0 Å². The van der Waals surface area contributed by atoms with Gasteiger partial charge in [0.15, 0.2) is 5.84 Å². The molecule has 114 valence electrons. The van der Waals surface area contributed by atoms with Crippen LogP contribution >= 0.6 is 0 Å². The molecule has 6 nitrogen and oxygen atoms in total. The molecule has 0 spiro atoms. The second-order valence-corrected chi connectivity index (χ2v) is 5.34. The maximum atomic E-state index is 12.9. The number of oxime groups is 1. The minimum Gasteiger partial charge on any atom is -0.497 e. The van der Waals surface area contributed by atoms with Crippen LogP contribution < -0.4 is 15.4 Å². The lowest BCUT2D eigenvalue weighted by Gasteiger charge is -2.31. The van der Waals surface area contributed by atoms with Crippen LogP contribution in [-0.4, -0.2) is 31.1 Å². The molecule has 1 aromatic carbocycles. The third-order valence-corrected chi connectivity index (χ3v) is 4.21. The number of ether oxygens (including phenoxy) is 1. The van der Waals surface area contributed by atoms with Crippen LogP contribution in [0.4, 0.5) is 5.69 Å². The Kier molecular flexibility index (Phi) is 4.35. The van der Waals surface area contributed by atoms with Gasteiger partial charge in [0.05, 0.1) is 7.11 Å². The normalized spacial score (nSPS) is 17.5. The number of amides is 1. The van der Waals surface area contributed by atoms with Crippen molar-refractivity contribution in [2.75, 3.05) is 19.1 Å². The molecular weight excluding hydrogens is 270 g/mol. The summed E-state index contributed by atoms with van der Waals surface area (Å²) in [6.45, 7) is 0. The number of benzene rings is 1. The average molecular weight is 291 g/mol. The highest BCUT2D eigenvalue weighted by atomic mass is 16.5. The van der Waals surface area contributed by atoms with Crippen molar-refractivity contribution in [1.29, 1.82) is 0 Å². The van der Waals surface area contributed by atoms with Gasteiger partial charge in [-0.25, -0.2) is 0 Å². The molecule has 0 radical (unpaired) electrons. The monoisotopic (exact) mass is 291 g/mol. The van der Waals surface area contributed by atoms with Gasteiger partial charge >= 0.3 is 0 Å². The third kappa shape index (κ3) is 2.66. The molecule has 0 atom stereocenters. The van der Waals surface area contributed by atoms with Crippen molar-refractivity contribution in [3.05, 3.63) is 24.3 Å². The molecule has 2 rings (SSSR count). The molecule has 0 unspecified atom stereocenters. The number of rotatable bonds is 4. The fourth-order valence-electron chi connectivity index (χ4n) is 2.91. The zero-order valence-corrected chi connectivity index (χ0v) is 12.4. The van der Waals surface area contributed by atoms with E-state index >= 15 is 0 Å². The first-order valence-corrected chi connectivity index (χ1v) is 6.95. The highest BCUT2D eigenvalue weighted by molar-refractivity contribution is 6.12. The molecule has 0 heterocycles. The highest BCUT2D eigenvalue weighted by Gasteiger charge is 2.47. The van der Waals surface area contributed by atoms with E-state index in [1.165, 1.54) is 0 Å². The van der Waals surface area contributed by atoms with Gasteiger partial charge in [-0.3, -0.25) is 4.79 Å². The summed E-state index contributed by atoms with van der Waals surface area (Å²) in [5.74, 6) is 0.528. The van der Waals surface area contributed by atoms with Crippen molar-refractivity contribution in [2.45, 2.75) is 25.7 Å². The maximum Gasteiger partial charge on any atom is 0.240 e. The Morgan fingerprint density at radius 3 is 2.67 bits per heavy atom. The smallest absolute Gasteiger partial charge is 0.240 e. The van der Waals surface area contributed by atoms with Crippen molar-refractivity contribution in [2.24, 2.45) is 16.3 Å². The zero-order chi connectivity index (χ0) is 15.5. The molecule has 0 aromatic heterocycles. The van der Waals surface area contributed by atoms with E-state index in [0.717, 1.165) is 18.5 Å². The lowest BCUT2D eigenvalue weighted by molar-refractivity contribution is -0.124. The second-order valence-electron chi connectivity index (χ2n) is 5.34. The molecule has 0 saturated heterocycles. The van der Waals surface area contributed by atoms with Crippen molar-refractivity contribution >= 4 is 17.4 Å². The summed E-state index contributed by atoms with van der Waals surface area (Å²) in [5, 5.41) is 12.1. The SMILES string of the molecule is COc1cccc(N(C)C(=O)C2(C(N)=NO)CCCC2)c1. The van der Waals surface area contributed by atoms with Gasteiger partial charge in [-0.1, -0.05) is 24.1 Å². The van der Waals surface area contributed by atoms with Crippen molar-refractivity contribution in [3.63, 3.8) is 0 Å². The zero-order valence-electron chi connectivity index (χ0n) is 12.4. The third-order valence-electron chi connectivity index (χ3n) is 4.21. The topological polar surface area (TPSA) is 88.2 Å². The molecule has 21 heavy (non-hydrogen) atoms. The van der Waals surface area contributed by atoms with Gasteiger partial charge in [0, 0.05) is 18.8 Å². The Balaban J connectivity index is 2.32. The molecule has 1 amide bonds. The van der Waals surface area contributed by atoms with Crippen molar-refractivity contribution in [1.82, 2.24) is 0 Å². The predicted molar refractivity (Wildman–Crippen MR) is 80.7 cm³/mol. The summed E-state index contributed by atoms with van der Waals surface area (Å²) in [6.07, 6.45) is 3.01. The van der Waals surface area contributed by atoms with E-state index in [4.69, 9.17) is 15.7 Å². The number of nitrogens with two attached hydrogens (primary N) is 1. The van der Waals surface area contributed by atoms with E-state index in [1.807, 2.05) is 18.2 Å². The van der Waals surface area contributed by atoms with E-state index in [-0.39, 0.29) is 11.7 Å². The fourth-order valence-corrected chi connectivity index (χ4v) is 2.91. The molecule has 3 N–H and O–H groups in total. The quantitative estimate of drug-likeness (QED) is 0.384. The number of hydrogen-bond acceptors (Lipinski definition) is 4. The molecule has 1 aliphatic rings. The van der Waals surface area contributed by atoms with Gasteiger partial charge in [-0.05, 0) is 25.0 Å². The van der Waals surface area contributed by atoms with Gasteiger partial charge in [-0.15, -0.1) is 0 Å². The Morgan fingerprint density at radius 1 is 1.43 bits per heavy atom. The van der Waals surface area contributed by atoms with Crippen LogP contribution in [0.2, 0.25) is 0 Å². The van der Waals surface area contributed by atoms with Crippen LogP contribution in [0.15, 0.2) is 29.4 Å². The first-order valence-electron chi connectivity index (χ1n) is 6.95. The lowest BCUT2D eigenvalue weighted by atomic mass is 9.83. The predicted octanol–water partition coefficient (Wildman–Crippen LogP) is 1.96. The molecule has 6 heteroatoms. The van der Waals surface area contributed by atoms with Crippen LogP contribution in [0.5, 0.6) is 5.75 Å². The van der Waals surface area contributed by atoms with E-state index in [9.17, 15) is 4.79 Å². The minimum absolute atomic E-state index is 0.000235. The second kappa shape index (κ2) is 6.03. The van der Waals surface area contributed by atoms with E-state index in [1.54, 1.807) is 25.1 Å². The number of nitrogens with zero attached hydrogens (tertiary/aromatic N) is 2. The summed E-state index contributed by atoms with van der Waals surface area (Å²) < 4.78 is 5.18. The van der Waals surface area contributed by atoms with Gasteiger partial charge < -0.3 is 20.6 Å². The fraction of sp³-hybridized carbons (Fsp3) is 0.467. The highest BCUT2D eigenvalue weighted by Crippen LogP contribution is 2.40. The minimum atomic E-state index is -0.896. The maximum absolute atomic E-state index is 12.9. The van der Waals surface area contributed by atoms with E-state index < -0.39 is 5.41 Å². The summed E-state index contributed by atoms with van der Waals surface area (Å²) in [6, 6.07) is 7.25. The van der Waals surface area contributed by atoms with E-state index in [2.05, 4.69) is 5.16 Å². The van der Waals surface area contributed by atoms with Crippen LogP contribution in [0.3, 0.4) is 0 Å². The van der Waals surface area contributed by atoms with Crippen LogP contribution in [0.1, 0.15) is 25.7 Å².